The van der Waals surface area contributed by atoms with Gasteiger partial charge >= 0.3 is 0 Å². The highest BCUT2D eigenvalue weighted by molar-refractivity contribution is 6.06. The van der Waals surface area contributed by atoms with Crippen LogP contribution in [0.5, 0.6) is 0 Å². The van der Waals surface area contributed by atoms with Crippen LogP contribution in [0.1, 0.15) is 17.3 Å². The molecule has 1 N–H and O–H groups in total. The average Bonchev–Trinajstić information content (AvgIpc) is 3.04. The van der Waals surface area contributed by atoms with Crippen molar-refractivity contribution in [2.24, 2.45) is 4.99 Å². The molecule has 1 atom stereocenters. The number of rotatable bonds is 2. The standard InChI is InChI=1S/C16H14N4O2/c21-20(22)12-7-5-11(6-8-12)15-18-14-4-2-1-3-13(14)16-17-9-10-19(15)16/h1-8,15,18H,9-10H2. The summed E-state index contributed by atoms with van der Waals surface area (Å²) < 4.78 is 0. The summed E-state index contributed by atoms with van der Waals surface area (Å²) in [5.74, 6) is 0.998. The molecule has 0 amide bonds. The van der Waals surface area contributed by atoms with Crippen molar-refractivity contribution in [2.45, 2.75) is 6.17 Å². The number of fused-ring (bicyclic) bond motifs is 3. The van der Waals surface area contributed by atoms with E-state index in [0.717, 1.165) is 35.7 Å². The van der Waals surface area contributed by atoms with Crippen LogP contribution in [0.2, 0.25) is 0 Å². The number of nitro benzene ring substituents is 1. The maximum atomic E-state index is 10.8. The van der Waals surface area contributed by atoms with E-state index in [1.807, 2.05) is 18.2 Å². The summed E-state index contributed by atoms with van der Waals surface area (Å²) >= 11 is 0. The lowest BCUT2D eigenvalue weighted by Gasteiger charge is -2.37. The molecule has 1 unspecified atom stereocenters. The zero-order chi connectivity index (χ0) is 15.1. The van der Waals surface area contributed by atoms with Crippen LogP contribution >= 0.6 is 0 Å². The van der Waals surface area contributed by atoms with Gasteiger partial charge in [-0.3, -0.25) is 15.1 Å². The van der Waals surface area contributed by atoms with Crippen molar-refractivity contribution in [2.75, 3.05) is 18.4 Å². The fourth-order valence-corrected chi connectivity index (χ4v) is 3.02. The van der Waals surface area contributed by atoms with Crippen LogP contribution in [0, 0.1) is 10.1 Å². The van der Waals surface area contributed by atoms with Crippen molar-refractivity contribution >= 4 is 17.2 Å². The van der Waals surface area contributed by atoms with Gasteiger partial charge in [0.1, 0.15) is 12.0 Å². The monoisotopic (exact) mass is 294 g/mol. The molecule has 0 radical (unpaired) electrons. The molecule has 2 aromatic rings. The first-order valence-electron chi connectivity index (χ1n) is 7.15. The number of hydrogen-bond donors (Lipinski definition) is 1. The predicted molar refractivity (Wildman–Crippen MR) is 84.0 cm³/mol. The Morgan fingerprint density at radius 3 is 2.73 bits per heavy atom. The molecule has 4 rings (SSSR count). The highest BCUT2D eigenvalue weighted by atomic mass is 16.6. The van der Waals surface area contributed by atoms with E-state index in [4.69, 9.17) is 0 Å². The Labute approximate surface area is 127 Å². The molecule has 0 saturated carbocycles. The number of benzene rings is 2. The first-order valence-corrected chi connectivity index (χ1v) is 7.15. The van der Waals surface area contributed by atoms with Gasteiger partial charge in [-0.2, -0.15) is 0 Å². The fourth-order valence-electron chi connectivity index (χ4n) is 3.02. The number of hydrogen-bond acceptors (Lipinski definition) is 5. The van der Waals surface area contributed by atoms with Crippen LogP contribution in [0.25, 0.3) is 0 Å². The zero-order valence-electron chi connectivity index (χ0n) is 11.8. The minimum absolute atomic E-state index is 0.0445. The summed E-state index contributed by atoms with van der Waals surface area (Å²) in [6, 6.07) is 14.8. The maximum Gasteiger partial charge on any atom is 0.269 e. The molecule has 22 heavy (non-hydrogen) atoms. The first kappa shape index (κ1) is 12.8. The predicted octanol–water partition coefficient (Wildman–Crippen LogP) is 2.78. The molecule has 110 valence electrons. The van der Waals surface area contributed by atoms with Crippen LogP contribution in [0.15, 0.2) is 53.5 Å². The number of nitrogens with one attached hydrogen (secondary N) is 1. The summed E-state index contributed by atoms with van der Waals surface area (Å²) in [6.45, 7) is 1.62. The smallest absolute Gasteiger partial charge is 0.269 e. The second-order valence-corrected chi connectivity index (χ2v) is 5.34. The Hall–Kier alpha value is -2.89. The van der Waals surface area contributed by atoms with E-state index in [9.17, 15) is 10.1 Å². The molecule has 0 saturated heterocycles. The summed E-state index contributed by atoms with van der Waals surface area (Å²) in [5, 5.41) is 14.3. The van der Waals surface area contributed by atoms with Crippen LogP contribution < -0.4 is 5.32 Å². The molecular formula is C16H14N4O2. The second-order valence-electron chi connectivity index (χ2n) is 5.34. The highest BCUT2D eigenvalue weighted by Crippen LogP contribution is 2.35. The summed E-state index contributed by atoms with van der Waals surface area (Å²) in [6.07, 6.45) is -0.0445. The molecule has 0 aliphatic carbocycles. The maximum absolute atomic E-state index is 10.8. The third-order valence-electron chi connectivity index (χ3n) is 4.07. The number of aliphatic imine (C=N–C) groups is 1. The number of nitrogens with zero attached hydrogens (tertiary/aromatic N) is 3. The normalized spacial score (nSPS) is 19.0. The minimum Gasteiger partial charge on any atom is -0.361 e. The van der Waals surface area contributed by atoms with Gasteiger partial charge in [0, 0.05) is 29.9 Å². The largest absolute Gasteiger partial charge is 0.361 e. The van der Waals surface area contributed by atoms with Gasteiger partial charge in [-0.05, 0) is 29.8 Å². The zero-order valence-corrected chi connectivity index (χ0v) is 11.8. The molecule has 2 aliphatic heterocycles. The molecule has 0 aromatic heterocycles. The molecule has 2 aliphatic rings. The lowest BCUT2D eigenvalue weighted by atomic mass is 10.0. The van der Waals surface area contributed by atoms with E-state index in [-0.39, 0.29) is 16.8 Å². The van der Waals surface area contributed by atoms with Crippen LogP contribution in [-0.4, -0.2) is 28.7 Å². The minimum atomic E-state index is -0.379. The van der Waals surface area contributed by atoms with Gasteiger partial charge in [-0.25, -0.2) is 0 Å². The number of anilines is 1. The summed E-state index contributed by atoms with van der Waals surface area (Å²) in [5.41, 5.74) is 3.26. The van der Waals surface area contributed by atoms with Crippen molar-refractivity contribution in [1.82, 2.24) is 4.90 Å². The summed E-state index contributed by atoms with van der Waals surface area (Å²) in [4.78, 5) is 17.2. The fraction of sp³-hybridized carbons (Fsp3) is 0.188. The third kappa shape index (κ3) is 1.92. The van der Waals surface area contributed by atoms with Gasteiger partial charge in [0.25, 0.3) is 5.69 Å². The van der Waals surface area contributed by atoms with E-state index in [0.29, 0.717) is 0 Å². The third-order valence-corrected chi connectivity index (χ3v) is 4.07. The van der Waals surface area contributed by atoms with Gasteiger partial charge in [-0.1, -0.05) is 12.1 Å². The molecule has 6 heteroatoms. The average molecular weight is 294 g/mol. The summed E-state index contributed by atoms with van der Waals surface area (Å²) in [7, 11) is 0. The Balaban J connectivity index is 1.74. The topological polar surface area (TPSA) is 70.8 Å². The van der Waals surface area contributed by atoms with Gasteiger partial charge in [0.05, 0.1) is 11.5 Å². The number of para-hydroxylation sites is 1. The lowest BCUT2D eigenvalue weighted by Crippen LogP contribution is -2.41. The molecule has 0 bridgehead atoms. The molecule has 2 heterocycles. The Morgan fingerprint density at radius 2 is 1.95 bits per heavy atom. The number of non-ortho nitro benzene ring substituents is 1. The molecule has 6 nitrogen and oxygen atoms in total. The lowest BCUT2D eigenvalue weighted by molar-refractivity contribution is -0.384. The van der Waals surface area contributed by atoms with E-state index < -0.39 is 0 Å². The quantitative estimate of drug-likeness (QED) is 0.683. The van der Waals surface area contributed by atoms with Crippen molar-refractivity contribution in [3.05, 3.63) is 69.8 Å². The Kier molecular flexibility index (Phi) is 2.82. The van der Waals surface area contributed by atoms with Gasteiger partial charge in [0.15, 0.2) is 0 Å². The first-order chi connectivity index (χ1) is 10.7. The van der Waals surface area contributed by atoms with Gasteiger partial charge in [0.2, 0.25) is 0 Å². The SMILES string of the molecule is O=[N+]([O-])c1ccc(C2Nc3ccccc3C3=NCCN32)cc1. The van der Waals surface area contributed by atoms with E-state index in [1.54, 1.807) is 24.3 Å². The molecule has 2 aromatic carbocycles. The Morgan fingerprint density at radius 1 is 1.18 bits per heavy atom. The van der Waals surface area contributed by atoms with E-state index >= 15 is 0 Å². The molecule has 0 fully saturated rings. The molecular weight excluding hydrogens is 280 g/mol. The van der Waals surface area contributed by atoms with Crippen molar-refractivity contribution in [3.8, 4) is 0 Å². The van der Waals surface area contributed by atoms with Gasteiger partial charge in [-0.15, -0.1) is 0 Å². The second kappa shape index (κ2) is 4.84. The van der Waals surface area contributed by atoms with E-state index in [1.165, 1.54) is 0 Å². The van der Waals surface area contributed by atoms with Crippen molar-refractivity contribution in [1.29, 1.82) is 0 Å². The van der Waals surface area contributed by atoms with Crippen molar-refractivity contribution < 1.29 is 4.92 Å². The molecule has 0 spiro atoms. The highest BCUT2D eigenvalue weighted by Gasteiger charge is 2.33. The Bertz CT molecular complexity index is 770. The number of nitro groups is 1. The van der Waals surface area contributed by atoms with Crippen molar-refractivity contribution in [3.63, 3.8) is 0 Å². The van der Waals surface area contributed by atoms with Crippen LogP contribution in [0.3, 0.4) is 0 Å². The van der Waals surface area contributed by atoms with Gasteiger partial charge < -0.3 is 10.2 Å². The number of amidine groups is 1. The van der Waals surface area contributed by atoms with Crippen LogP contribution in [-0.2, 0) is 0 Å². The van der Waals surface area contributed by atoms with E-state index in [2.05, 4.69) is 21.3 Å². The van der Waals surface area contributed by atoms with Crippen LogP contribution in [0.4, 0.5) is 11.4 Å².